The van der Waals surface area contributed by atoms with Gasteiger partial charge in [-0.25, -0.2) is 4.98 Å². The lowest BCUT2D eigenvalue weighted by Gasteiger charge is -2.26. The van der Waals surface area contributed by atoms with Crippen LogP contribution in [0.5, 0.6) is 0 Å². The minimum Gasteiger partial charge on any atom is -0.323 e. The Morgan fingerprint density at radius 1 is 1.38 bits per heavy atom. The summed E-state index contributed by atoms with van der Waals surface area (Å²) in [6.45, 7) is 1.97. The van der Waals surface area contributed by atoms with Crippen molar-refractivity contribution in [2.45, 2.75) is 44.0 Å². The normalized spacial score (nSPS) is 28.9. The average molecular weight is 300 g/mol. The molecular formula is C17H18ClN3. The highest BCUT2D eigenvalue weighted by Gasteiger charge is 2.42. The van der Waals surface area contributed by atoms with Gasteiger partial charge in [-0.15, -0.1) is 11.6 Å². The minimum atomic E-state index is -0.136. The number of nitriles is 1. The Labute approximate surface area is 129 Å². The molecule has 0 aliphatic heterocycles. The van der Waals surface area contributed by atoms with E-state index in [0.29, 0.717) is 11.6 Å². The second kappa shape index (κ2) is 4.74. The summed E-state index contributed by atoms with van der Waals surface area (Å²) in [5, 5.41) is 9.18. The maximum atomic E-state index is 9.31. The van der Waals surface area contributed by atoms with E-state index in [2.05, 4.69) is 16.7 Å². The first-order valence-electron chi connectivity index (χ1n) is 7.74. The van der Waals surface area contributed by atoms with Crippen LogP contribution in [0.4, 0.5) is 0 Å². The molecule has 2 bridgehead atoms. The van der Waals surface area contributed by atoms with Crippen molar-refractivity contribution in [3.8, 4) is 6.07 Å². The number of nitrogens with zero attached hydrogens (tertiary/aromatic N) is 3. The molecule has 108 valence electrons. The van der Waals surface area contributed by atoms with Gasteiger partial charge in [-0.05, 0) is 50.2 Å². The molecule has 2 aliphatic rings. The van der Waals surface area contributed by atoms with Crippen LogP contribution in [0.1, 0.15) is 55.4 Å². The zero-order chi connectivity index (χ0) is 14.6. The fourth-order valence-corrected chi connectivity index (χ4v) is 4.54. The topological polar surface area (TPSA) is 41.6 Å². The Kier molecular flexibility index (Phi) is 2.97. The first kappa shape index (κ1) is 13.2. The van der Waals surface area contributed by atoms with Gasteiger partial charge in [0.1, 0.15) is 17.4 Å². The van der Waals surface area contributed by atoms with Crippen LogP contribution in [-0.2, 0) is 0 Å². The molecule has 0 saturated heterocycles. The lowest BCUT2D eigenvalue weighted by Crippen LogP contribution is -2.18. The Morgan fingerprint density at radius 3 is 2.86 bits per heavy atom. The predicted octanol–water partition coefficient (Wildman–Crippen LogP) is 4.57. The van der Waals surface area contributed by atoms with E-state index in [1.54, 1.807) is 0 Å². The molecule has 2 fully saturated rings. The summed E-state index contributed by atoms with van der Waals surface area (Å²) in [7, 11) is 0. The van der Waals surface area contributed by atoms with Crippen LogP contribution >= 0.6 is 11.6 Å². The Balaban J connectivity index is 1.94. The zero-order valence-corrected chi connectivity index (χ0v) is 12.8. The third-order valence-electron chi connectivity index (χ3n) is 5.26. The fourth-order valence-electron chi connectivity index (χ4n) is 4.38. The molecular weight excluding hydrogens is 282 g/mol. The summed E-state index contributed by atoms with van der Waals surface area (Å²) in [6, 6.07) is 8.64. The van der Waals surface area contributed by atoms with Gasteiger partial charge in [0.25, 0.3) is 0 Å². The van der Waals surface area contributed by atoms with Gasteiger partial charge in [-0.1, -0.05) is 12.5 Å². The molecule has 1 aromatic heterocycles. The van der Waals surface area contributed by atoms with E-state index in [1.165, 1.54) is 25.7 Å². The minimum absolute atomic E-state index is 0.136. The van der Waals surface area contributed by atoms with Crippen molar-refractivity contribution in [3.63, 3.8) is 0 Å². The van der Waals surface area contributed by atoms with E-state index in [-0.39, 0.29) is 5.38 Å². The molecule has 1 aromatic carbocycles. The predicted molar refractivity (Wildman–Crippen MR) is 83.2 cm³/mol. The highest BCUT2D eigenvalue weighted by atomic mass is 35.5. The van der Waals surface area contributed by atoms with Crippen molar-refractivity contribution in [2.24, 2.45) is 11.8 Å². The van der Waals surface area contributed by atoms with Crippen molar-refractivity contribution in [1.29, 1.82) is 5.26 Å². The molecule has 2 aromatic rings. The second-order valence-electron chi connectivity index (χ2n) is 6.48. The monoisotopic (exact) mass is 299 g/mol. The number of hydrogen-bond donors (Lipinski definition) is 0. The second-order valence-corrected chi connectivity index (χ2v) is 7.14. The van der Waals surface area contributed by atoms with Gasteiger partial charge in [-0.2, -0.15) is 5.26 Å². The largest absolute Gasteiger partial charge is 0.323 e. The van der Waals surface area contributed by atoms with E-state index in [0.717, 1.165) is 28.7 Å². The quantitative estimate of drug-likeness (QED) is 0.762. The molecule has 0 radical (unpaired) electrons. The van der Waals surface area contributed by atoms with Crippen LogP contribution in [0, 0.1) is 23.2 Å². The average Bonchev–Trinajstić information content (AvgIpc) is 3.18. The molecule has 4 unspecified atom stereocenters. The standard InChI is InChI=1S/C17H18ClN3/c1-10(18)17-20-16-13(9-19)3-2-4-14(16)21(17)15-8-11-5-6-12(15)7-11/h2-4,10-12,15H,5-8H2,1H3. The number of halogens is 1. The van der Waals surface area contributed by atoms with Gasteiger partial charge in [0, 0.05) is 6.04 Å². The number of alkyl halides is 1. The van der Waals surface area contributed by atoms with Gasteiger partial charge < -0.3 is 4.57 Å². The number of fused-ring (bicyclic) bond motifs is 3. The lowest BCUT2D eigenvalue weighted by molar-refractivity contribution is 0.329. The van der Waals surface area contributed by atoms with Crippen LogP contribution in [-0.4, -0.2) is 9.55 Å². The number of hydrogen-bond acceptors (Lipinski definition) is 2. The molecule has 4 rings (SSSR count). The molecule has 21 heavy (non-hydrogen) atoms. The summed E-state index contributed by atoms with van der Waals surface area (Å²) in [6.07, 6.45) is 5.29. The SMILES string of the molecule is CC(Cl)c1nc2c(C#N)cccc2n1C1CC2CCC1C2. The molecule has 0 spiro atoms. The van der Waals surface area contributed by atoms with E-state index in [4.69, 9.17) is 16.6 Å². The van der Waals surface area contributed by atoms with Crippen LogP contribution in [0.25, 0.3) is 11.0 Å². The van der Waals surface area contributed by atoms with Crippen LogP contribution in [0.3, 0.4) is 0 Å². The number of aromatic nitrogens is 2. The van der Waals surface area contributed by atoms with Gasteiger partial charge in [-0.3, -0.25) is 0 Å². The molecule has 2 saturated carbocycles. The van der Waals surface area contributed by atoms with Gasteiger partial charge >= 0.3 is 0 Å². The van der Waals surface area contributed by atoms with Crippen molar-refractivity contribution in [1.82, 2.24) is 9.55 Å². The van der Waals surface area contributed by atoms with Crippen molar-refractivity contribution < 1.29 is 0 Å². The first-order chi connectivity index (χ1) is 10.2. The van der Waals surface area contributed by atoms with Gasteiger partial charge in [0.2, 0.25) is 0 Å². The lowest BCUT2D eigenvalue weighted by atomic mass is 9.94. The molecule has 1 heterocycles. The third-order valence-corrected chi connectivity index (χ3v) is 5.45. The first-order valence-corrected chi connectivity index (χ1v) is 8.17. The summed E-state index contributed by atoms with van der Waals surface area (Å²) in [5.74, 6) is 2.55. The molecule has 4 heteroatoms. The zero-order valence-electron chi connectivity index (χ0n) is 12.1. The Bertz CT molecular complexity index is 740. The summed E-state index contributed by atoms with van der Waals surface area (Å²) in [5.41, 5.74) is 2.53. The van der Waals surface area contributed by atoms with Crippen LogP contribution in [0.15, 0.2) is 18.2 Å². The summed E-state index contributed by atoms with van der Waals surface area (Å²) in [4.78, 5) is 4.72. The number of para-hydroxylation sites is 1. The van der Waals surface area contributed by atoms with Gasteiger partial charge in [0.05, 0.1) is 16.5 Å². The van der Waals surface area contributed by atoms with Crippen LogP contribution in [0.2, 0.25) is 0 Å². The van der Waals surface area contributed by atoms with Crippen LogP contribution < -0.4 is 0 Å². The number of benzene rings is 1. The Hall–Kier alpha value is -1.53. The van der Waals surface area contributed by atoms with Gasteiger partial charge in [0.15, 0.2) is 0 Å². The third kappa shape index (κ3) is 1.89. The van der Waals surface area contributed by atoms with E-state index in [9.17, 15) is 5.26 Å². The number of rotatable bonds is 2. The van der Waals surface area contributed by atoms with Crippen molar-refractivity contribution >= 4 is 22.6 Å². The number of imidazole rings is 1. The maximum Gasteiger partial charge on any atom is 0.128 e. The van der Waals surface area contributed by atoms with E-state index < -0.39 is 0 Å². The highest BCUT2D eigenvalue weighted by molar-refractivity contribution is 6.20. The van der Waals surface area contributed by atoms with Crippen molar-refractivity contribution in [2.75, 3.05) is 0 Å². The fraction of sp³-hybridized carbons (Fsp3) is 0.529. The van der Waals surface area contributed by atoms with E-state index >= 15 is 0 Å². The molecule has 3 nitrogen and oxygen atoms in total. The summed E-state index contributed by atoms with van der Waals surface area (Å²) < 4.78 is 2.34. The van der Waals surface area contributed by atoms with E-state index in [1.807, 2.05) is 19.1 Å². The molecule has 2 aliphatic carbocycles. The Morgan fingerprint density at radius 2 is 2.24 bits per heavy atom. The smallest absolute Gasteiger partial charge is 0.128 e. The summed E-state index contributed by atoms with van der Waals surface area (Å²) >= 11 is 6.39. The molecule has 4 atom stereocenters. The molecule has 0 N–H and O–H groups in total. The maximum absolute atomic E-state index is 9.31. The molecule has 0 amide bonds. The highest BCUT2D eigenvalue weighted by Crippen LogP contribution is 2.52. The van der Waals surface area contributed by atoms with Crippen molar-refractivity contribution in [3.05, 3.63) is 29.6 Å².